The van der Waals surface area contributed by atoms with E-state index in [1.54, 1.807) is 6.92 Å². The van der Waals surface area contributed by atoms with Crippen LogP contribution in [0.4, 0.5) is 4.79 Å². The lowest BCUT2D eigenvalue weighted by Gasteiger charge is -2.34. The molecule has 3 amide bonds. The zero-order chi connectivity index (χ0) is 21.0. The molecule has 154 valence electrons. The number of amides is 3. The van der Waals surface area contributed by atoms with Crippen LogP contribution >= 0.6 is 0 Å². The van der Waals surface area contributed by atoms with E-state index in [2.05, 4.69) is 12.2 Å². The van der Waals surface area contributed by atoms with Crippen LogP contribution in [0.3, 0.4) is 0 Å². The van der Waals surface area contributed by atoms with Crippen molar-refractivity contribution in [3.63, 3.8) is 0 Å². The maximum absolute atomic E-state index is 12.9. The van der Waals surface area contributed by atoms with Gasteiger partial charge < -0.3 is 14.8 Å². The summed E-state index contributed by atoms with van der Waals surface area (Å²) in [4.78, 5) is 38.6. The topological polar surface area (TPSA) is 109 Å². The van der Waals surface area contributed by atoms with Crippen molar-refractivity contribution in [1.29, 1.82) is 5.26 Å². The lowest BCUT2D eigenvalue weighted by Crippen LogP contribution is -2.49. The van der Waals surface area contributed by atoms with Crippen molar-refractivity contribution in [2.24, 2.45) is 5.92 Å². The zero-order valence-corrected chi connectivity index (χ0v) is 16.7. The van der Waals surface area contributed by atoms with Crippen molar-refractivity contribution in [3.05, 3.63) is 23.8 Å². The molecule has 1 N–H and O–H groups in total. The van der Waals surface area contributed by atoms with Gasteiger partial charge in [-0.25, -0.2) is 9.59 Å². The summed E-state index contributed by atoms with van der Waals surface area (Å²) in [5.41, 5.74) is -0.527. The summed E-state index contributed by atoms with van der Waals surface area (Å²) in [6.45, 7) is 3.74. The molecule has 1 saturated heterocycles. The second-order valence-electron chi connectivity index (χ2n) is 7.44. The van der Waals surface area contributed by atoms with Crippen molar-refractivity contribution in [1.82, 2.24) is 10.2 Å². The van der Waals surface area contributed by atoms with Gasteiger partial charge in [0.15, 0.2) is 11.5 Å². The second-order valence-corrected chi connectivity index (χ2v) is 7.44. The molecule has 3 rings (SSSR count). The number of nitriles is 1. The van der Waals surface area contributed by atoms with Crippen molar-refractivity contribution in [2.45, 2.75) is 51.5 Å². The molecule has 2 fully saturated rings. The molecule has 0 unspecified atom stereocenters. The molecule has 1 aliphatic heterocycles. The molecule has 8 heteroatoms. The summed E-state index contributed by atoms with van der Waals surface area (Å²) in [5, 5.41) is 11.8. The van der Waals surface area contributed by atoms with E-state index in [0.29, 0.717) is 30.9 Å². The molecule has 1 heterocycles. The van der Waals surface area contributed by atoms with Crippen LogP contribution < -0.4 is 14.8 Å². The van der Waals surface area contributed by atoms with Gasteiger partial charge in [0.05, 0.1) is 18.2 Å². The number of carbonyl (C=O) groups excluding carboxylic acids is 3. The summed E-state index contributed by atoms with van der Waals surface area (Å²) in [6.07, 6.45) is 3.99. The minimum atomic E-state index is -0.895. The fourth-order valence-electron chi connectivity index (χ4n) is 3.95. The van der Waals surface area contributed by atoms with Gasteiger partial charge in [0.1, 0.15) is 12.1 Å². The average molecular weight is 399 g/mol. The summed E-state index contributed by atoms with van der Waals surface area (Å²) >= 11 is 0. The molecule has 2 aliphatic rings. The highest BCUT2D eigenvalue weighted by Gasteiger charge is 2.52. The quantitative estimate of drug-likeness (QED) is 0.448. The fraction of sp³-hybridized carbons (Fsp3) is 0.524. The van der Waals surface area contributed by atoms with Crippen molar-refractivity contribution in [2.75, 3.05) is 13.2 Å². The molecule has 29 heavy (non-hydrogen) atoms. The van der Waals surface area contributed by atoms with E-state index in [4.69, 9.17) is 14.7 Å². The first-order valence-corrected chi connectivity index (χ1v) is 9.94. The van der Waals surface area contributed by atoms with Crippen molar-refractivity contribution in [3.8, 4) is 17.6 Å². The van der Waals surface area contributed by atoms with Crippen LogP contribution in [0.25, 0.3) is 0 Å². The highest BCUT2D eigenvalue weighted by atomic mass is 16.6. The van der Waals surface area contributed by atoms with Gasteiger partial charge in [-0.15, -0.1) is 0 Å². The Morgan fingerprint density at radius 1 is 1.28 bits per heavy atom. The van der Waals surface area contributed by atoms with E-state index in [1.807, 2.05) is 6.07 Å². The van der Waals surface area contributed by atoms with Crippen LogP contribution in [0.15, 0.2) is 18.2 Å². The average Bonchev–Trinajstić information content (AvgIpc) is 2.94. The van der Waals surface area contributed by atoms with Gasteiger partial charge in [0.25, 0.3) is 5.91 Å². The number of ether oxygens (including phenoxy) is 2. The molecule has 1 spiro atoms. The van der Waals surface area contributed by atoms with E-state index < -0.39 is 24.1 Å². The number of nitrogens with zero attached hydrogens (tertiary/aromatic N) is 2. The third-order valence-electron chi connectivity index (χ3n) is 5.67. The number of benzene rings is 1. The number of nitrogens with one attached hydrogen (secondary N) is 1. The molecule has 1 aliphatic carbocycles. The Labute approximate surface area is 169 Å². The van der Waals surface area contributed by atoms with Crippen LogP contribution in [-0.4, -0.2) is 41.5 Å². The van der Waals surface area contributed by atoms with Gasteiger partial charge in [-0.05, 0) is 50.7 Å². The first kappa shape index (κ1) is 20.6. The van der Waals surface area contributed by atoms with Gasteiger partial charge in [-0.3, -0.25) is 9.69 Å². The molecule has 1 saturated carbocycles. The molecule has 0 radical (unpaired) electrons. The minimum Gasteiger partial charge on any atom is -0.490 e. The number of esters is 1. The predicted octanol–water partition coefficient (Wildman–Crippen LogP) is 2.75. The minimum absolute atomic E-state index is 0.140. The van der Waals surface area contributed by atoms with Gasteiger partial charge in [0.2, 0.25) is 0 Å². The fourth-order valence-corrected chi connectivity index (χ4v) is 3.95. The summed E-state index contributed by atoms with van der Waals surface area (Å²) in [5.74, 6) is -0.150. The van der Waals surface area contributed by atoms with Crippen molar-refractivity contribution >= 4 is 17.9 Å². The number of hydrogen-bond acceptors (Lipinski definition) is 6. The van der Waals surface area contributed by atoms with Crippen LogP contribution in [0.2, 0.25) is 0 Å². The Kier molecular flexibility index (Phi) is 6.06. The zero-order valence-electron chi connectivity index (χ0n) is 16.7. The molecule has 0 aromatic heterocycles. The molecule has 8 nitrogen and oxygen atoms in total. The molecular weight excluding hydrogens is 374 g/mol. The Morgan fingerprint density at radius 3 is 2.62 bits per heavy atom. The number of rotatable bonds is 6. The highest BCUT2D eigenvalue weighted by Crippen LogP contribution is 2.37. The van der Waals surface area contributed by atoms with E-state index in [9.17, 15) is 14.4 Å². The molecule has 0 bridgehead atoms. The van der Waals surface area contributed by atoms with E-state index >= 15 is 0 Å². The SMILES string of the molecule is CCOc1cc(C#N)ccc1OC(=O)CN1C(=O)NC2(CCC(CC)CC2)C1=O. The second kappa shape index (κ2) is 8.52. The van der Waals surface area contributed by atoms with Crippen molar-refractivity contribution < 1.29 is 23.9 Å². The maximum Gasteiger partial charge on any atom is 0.331 e. The number of carbonyl (C=O) groups is 3. The lowest BCUT2D eigenvalue weighted by atomic mass is 9.75. The largest absolute Gasteiger partial charge is 0.490 e. The Morgan fingerprint density at radius 2 is 2.00 bits per heavy atom. The number of hydrogen-bond donors (Lipinski definition) is 1. The third-order valence-corrected chi connectivity index (χ3v) is 5.67. The standard InChI is InChI=1S/C21H25N3O5/c1-3-14-7-9-21(10-8-14)19(26)24(20(27)23-21)13-18(25)29-16-6-5-15(12-22)11-17(16)28-4-2/h5-6,11,14H,3-4,7-10,13H2,1-2H3,(H,23,27). The predicted molar refractivity (Wildman–Crippen MR) is 103 cm³/mol. The Balaban J connectivity index is 1.68. The van der Waals surface area contributed by atoms with Crippen LogP contribution in [-0.2, 0) is 9.59 Å². The first-order chi connectivity index (χ1) is 13.9. The summed E-state index contributed by atoms with van der Waals surface area (Å²) in [6, 6.07) is 5.86. The van der Waals surface area contributed by atoms with E-state index in [1.165, 1.54) is 18.2 Å². The van der Waals surface area contributed by atoms with E-state index in [-0.39, 0.29) is 17.4 Å². The molecule has 1 aromatic carbocycles. The summed E-state index contributed by atoms with van der Waals surface area (Å²) in [7, 11) is 0. The van der Waals surface area contributed by atoms with Crippen LogP contribution in [0.5, 0.6) is 11.5 Å². The maximum atomic E-state index is 12.9. The Bertz CT molecular complexity index is 852. The number of urea groups is 1. The van der Waals surface area contributed by atoms with Gasteiger partial charge >= 0.3 is 12.0 Å². The van der Waals surface area contributed by atoms with Crippen LogP contribution in [0.1, 0.15) is 51.5 Å². The highest BCUT2D eigenvalue weighted by molar-refractivity contribution is 6.08. The van der Waals surface area contributed by atoms with Gasteiger partial charge in [-0.1, -0.05) is 13.3 Å². The monoisotopic (exact) mass is 399 g/mol. The molecule has 0 atom stereocenters. The van der Waals surface area contributed by atoms with Gasteiger partial charge in [0, 0.05) is 6.07 Å². The Hall–Kier alpha value is -3.08. The number of imide groups is 1. The van der Waals surface area contributed by atoms with E-state index in [0.717, 1.165) is 24.2 Å². The van der Waals surface area contributed by atoms with Gasteiger partial charge in [-0.2, -0.15) is 5.26 Å². The third kappa shape index (κ3) is 4.19. The van der Waals surface area contributed by atoms with Crippen LogP contribution in [0, 0.1) is 17.2 Å². The lowest BCUT2D eigenvalue weighted by molar-refractivity contribution is -0.141. The first-order valence-electron chi connectivity index (χ1n) is 9.94. The molecule has 1 aromatic rings. The molecular formula is C21H25N3O5. The smallest absolute Gasteiger partial charge is 0.331 e. The normalized spacial score (nSPS) is 23.6. The summed E-state index contributed by atoms with van der Waals surface area (Å²) < 4.78 is 10.7.